The largest absolute Gasteiger partial charge is 0.396 e. The van der Waals surface area contributed by atoms with Crippen LogP contribution in [0, 0.1) is 0 Å². The quantitative estimate of drug-likeness (QED) is 0.823. The first-order valence-corrected chi connectivity index (χ1v) is 6.45. The number of morpholine rings is 1. The Bertz CT molecular complexity index is 409. The Labute approximate surface area is 112 Å². The molecule has 1 amide bonds. The number of hydrogen-bond acceptors (Lipinski definition) is 4. The molecule has 2 rings (SSSR count). The van der Waals surface area contributed by atoms with Gasteiger partial charge in [-0.25, -0.2) is 0 Å². The number of aliphatic hydroxyl groups is 2. The zero-order chi connectivity index (χ0) is 13.7. The Morgan fingerprint density at radius 1 is 1.32 bits per heavy atom. The average Bonchev–Trinajstić information content (AvgIpc) is 2.47. The molecule has 1 fully saturated rings. The Morgan fingerprint density at radius 2 is 2.05 bits per heavy atom. The Kier molecular flexibility index (Phi) is 4.90. The van der Waals surface area contributed by atoms with Crippen LogP contribution in [-0.2, 0) is 9.53 Å². The first-order valence-electron chi connectivity index (χ1n) is 6.45. The molecule has 1 heterocycles. The van der Waals surface area contributed by atoms with E-state index in [2.05, 4.69) is 0 Å². The maximum atomic E-state index is 12.1. The minimum absolute atomic E-state index is 0.0987. The van der Waals surface area contributed by atoms with Gasteiger partial charge in [0, 0.05) is 13.0 Å². The molecule has 2 N–H and O–H groups in total. The number of rotatable bonds is 4. The summed E-state index contributed by atoms with van der Waals surface area (Å²) in [5.74, 6) is -0.113. The minimum Gasteiger partial charge on any atom is -0.396 e. The van der Waals surface area contributed by atoms with Gasteiger partial charge in [-0.15, -0.1) is 0 Å². The zero-order valence-electron chi connectivity index (χ0n) is 10.7. The number of nitrogens with zero attached hydrogens (tertiary/aromatic N) is 1. The topological polar surface area (TPSA) is 70.0 Å². The molecular formula is C14H19NO4. The molecule has 0 unspecified atom stereocenters. The molecular weight excluding hydrogens is 246 g/mol. The lowest BCUT2D eigenvalue weighted by Gasteiger charge is -2.41. The SMILES string of the molecule is O=C(CCO)N1CCO[C@H](CO)[C@H]1c1ccccc1. The van der Waals surface area contributed by atoms with E-state index in [0.717, 1.165) is 5.56 Å². The molecule has 0 spiro atoms. The third-order valence-electron chi connectivity index (χ3n) is 3.32. The lowest BCUT2D eigenvalue weighted by Crippen LogP contribution is -2.49. The molecule has 0 saturated carbocycles. The molecule has 104 valence electrons. The Morgan fingerprint density at radius 3 is 2.68 bits per heavy atom. The summed E-state index contributed by atoms with van der Waals surface area (Å²) < 4.78 is 5.55. The van der Waals surface area contributed by atoms with Gasteiger partial charge >= 0.3 is 0 Å². The van der Waals surface area contributed by atoms with Crippen LogP contribution in [0.4, 0.5) is 0 Å². The predicted octanol–water partition coefficient (Wildman–Crippen LogP) is 0.330. The molecule has 2 atom stereocenters. The molecule has 5 heteroatoms. The number of ether oxygens (including phenoxy) is 1. The van der Waals surface area contributed by atoms with Crippen LogP contribution >= 0.6 is 0 Å². The molecule has 0 bridgehead atoms. The predicted molar refractivity (Wildman–Crippen MR) is 69.4 cm³/mol. The van der Waals surface area contributed by atoms with Gasteiger partial charge in [0.15, 0.2) is 0 Å². The molecule has 1 aromatic rings. The van der Waals surface area contributed by atoms with E-state index < -0.39 is 6.10 Å². The summed E-state index contributed by atoms with van der Waals surface area (Å²) in [4.78, 5) is 13.8. The maximum absolute atomic E-state index is 12.1. The standard InChI is InChI=1S/C14H19NO4/c16-8-6-13(18)15-7-9-19-12(10-17)14(15)11-4-2-1-3-5-11/h1-5,12,14,16-17H,6-10H2/t12-,14-/m1/s1. The van der Waals surface area contributed by atoms with Gasteiger partial charge in [-0.2, -0.15) is 0 Å². The average molecular weight is 265 g/mol. The van der Waals surface area contributed by atoms with Gasteiger partial charge in [0.1, 0.15) is 6.10 Å². The van der Waals surface area contributed by atoms with E-state index in [-0.39, 0.29) is 31.6 Å². The summed E-state index contributed by atoms with van der Waals surface area (Å²) in [5, 5.41) is 18.4. The van der Waals surface area contributed by atoms with Crippen molar-refractivity contribution in [3.05, 3.63) is 35.9 Å². The number of carbonyl (C=O) groups is 1. The van der Waals surface area contributed by atoms with Gasteiger partial charge in [0.25, 0.3) is 0 Å². The minimum atomic E-state index is -0.418. The Balaban J connectivity index is 2.27. The van der Waals surface area contributed by atoms with Crippen molar-refractivity contribution in [2.75, 3.05) is 26.4 Å². The van der Waals surface area contributed by atoms with Crippen molar-refractivity contribution in [2.45, 2.75) is 18.6 Å². The van der Waals surface area contributed by atoms with Gasteiger partial charge in [-0.1, -0.05) is 30.3 Å². The summed E-state index contributed by atoms with van der Waals surface area (Å²) in [6.07, 6.45) is -0.319. The zero-order valence-corrected chi connectivity index (χ0v) is 10.7. The second kappa shape index (κ2) is 6.65. The van der Waals surface area contributed by atoms with E-state index in [4.69, 9.17) is 9.84 Å². The molecule has 1 saturated heterocycles. The fraction of sp³-hybridized carbons (Fsp3) is 0.500. The summed E-state index contributed by atoms with van der Waals surface area (Å²) >= 11 is 0. The van der Waals surface area contributed by atoms with Crippen molar-refractivity contribution in [1.82, 2.24) is 4.90 Å². The third-order valence-corrected chi connectivity index (χ3v) is 3.32. The highest BCUT2D eigenvalue weighted by Crippen LogP contribution is 2.29. The van der Waals surface area contributed by atoms with Crippen LogP contribution in [-0.4, -0.2) is 53.5 Å². The number of aliphatic hydroxyl groups excluding tert-OH is 2. The fourth-order valence-corrected chi connectivity index (χ4v) is 2.45. The highest BCUT2D eigenvalue weighted by Gasteiger charge is 2.35. The summed E-state index contributed by atoms with van der Waals surface area (Å²) in [6, 6.07) is 9.24. The van der Waals surface area contributed by atoms with Gasteiger partial charge < -0.3 is 19.8 Å². The van der Waals surface area contributed by atoms with Crippen LogP contribution in [0.25, 0.3) is 0 Å². The summed E-state index contributed by atoms with van der Waals surface area (Å²) in [5.41, 5.74) is 0.938. The van der Waals surface area contributed by atoms with Crippen molar-refractivity contribution < 1.29 is 19.7 Å². The van der Waals surface area contributed by atoms with Crippen LogP contribution in [0.2, 0.25) is 0 Å². The number of hydrogen-bond donors (Lipinski definition) is 2. The molecule has 1 aliphatic heterocycles. The Hall–Kier alpha value is -1.43. The molecule has 0 radical (unpaired) electrons. The lowest BCUT2D eigenvalue weighted by molar-refractivity contribution is -0.150. The van der Waals surface area contributed by atoms with Crippen LogP contribution in [0.3, 0.4) is 0 Å². The van der Waals surface area contributed by atoms with E-state index in [1.165, 1.54) is 0 Å². The van der Waals surface area contributed by atoms with Gasteiger partial charge in [-0.05, 0) is 5.56 Å². The normalized spacial score (nSPS) is 23.4. The second-order valence-electron chi connectivity index (χ2n) is 4.51. The van der Waals surface area contributed by atoms with E-state index >= 15 is 0 Å². The first-order chi connectivity index (χ1) is 9.27. The summed E-state index contributed by atoms with van der Waals surface area (Å²) in [7, 11) is 0. The van der Waals surface area contributed by atoms with Crippen molar-refractivity contribution in [1.29, 1.82) is 0 Å². The summed E-state index contributed by atoms with van der Waals surface area (Å²) in [6.45, 7) is 0.588. The van der Waals surface area contributed by atoms with E-state index in [9.17, 15) is 9.90 Å². The smallest absolute Gasteiger partial charge is 0.225 e. The van der Waals surface area contributed by atoms with Crippen LogP contribution < -0.4 is 0 Å². The van der Waals surface area contributed by atoms with Gasteiger partial charge in [0.2, 0.25) is 5.91 Å². The highest BCUT2D eigenvalue weighted by atomic mass is 16.5. The van der Waals surface area contributed by atoms with Crippen LogP contribution in [0.15, 0.2) is 30.3 Å². The number of amides is 1. The van der Waals surface area contributed by atoms with Crippen molar-refractivity contribution in [3.63, 3.8) is 0 Å². The van der Waals surface area contributed by atoms with Crippen LogP contribution in [0.5, 0.6) is 0 Å². The molecule has 19 heavy (non-hydrogen) atoms. The van der Waals surface area contributed by atoms with Crippen LogP contribution in [0.1, 0.15) is 18.0 Å². The monoisotopic (exact) mass is 265 g/mol. The molecule has 0 aliphatic carbocycles. The number of benzene rings is 1. The molecule has 5 nitrogen and oxygen atoms in total. The second-order valence-corrected chi connectivity index (χ2v) is 4.51. The van der Waals surface area contributed by atoms with Crippen molar-refractivity contribution in [3.8, 4) is 0 Å². The molecule has 1 aliphatic rings. The fourth-order valence-electron chi connectivity index (χ4n) is 2.45. The third kappa shape index (κ3) is 3.12. The van der Waals surface area contributed by atoms with E-state index in [1.807, 2.05) is 30.3 Å². The van der Waals surface area contributed by atoms with E-state index in [0.29, 0.717) is 13.2 Å². The van der Waals surface area contributed by atoms with E-state index in [1.54, 1.807) is 4.90 Å². The van der Waals surface area contributed by atoms with Gasteiger partial charge in [-0.3, -0.25) is 4.79 Å². The maximum Gasteiger partial charge on any atom is 0.225 e. The lowest BCUT2D eigenvalue weighted by atomic mass is 9.98. The molecule has 1 aromatic carbocycles. The first kappa shape index (κ1) is 14.0. The molecule has 0 aromatic heterocycles. The van der Waals surface area contributed by atoms with Gasteiger partial charge in [0.05, 0.1) is 25.9 Å². The number of carbonyl (C=O) groups excluding carboxylic acids is 1. The van der Waals surface area contributed by atoms with Crippen molar-refractivity contribution >= 4 is 5.91 Å². The van der Waals surface area contributed by atoms with Crippen molar-refractivity contribution in [2.24, 2.45) is 0 Å². The highest BCUT2D eigenvalue weighted by molar-refractivity contribution is 5.77.